The van der Waals surface area contributed by atoms with Crippen molar-refractivity contribution in [1.29, 1.82) is 0 Å². The lowest BCUT2D eigenvalue weighted by molar-refractivity contribution is 0.0813. The Kier molecular flexibility index (Phi) is 3.76. The zero-order chi connectivity index (χ0) is 15.0. The summed E-state index contributed by atoms with van der Waals surface area (Å²) < 4.78 is 5.87. The van der Waals surface area contributed by atoms with E-state index in [-0.39, 0.29) is 0 Å². The van der Waals surface area contributed by atoms with Gasteiger partial charge in [-0.3, -0.25) is 0 Å². The lowest BCUT2D eigenvalue weighted by atomic mass is 10.0. The molecule has 0 amide bonds. The van der Waals surface area contributed by atoms with Crippen molar-refractivity contribution in [3.8, 4) is 5.75 Å². The average Bonchev–Trinajstić information content (AvgIpc) is 3.17. The van der Waals surface area contributed by atoms with Crippen molar-refractivity contribution in [2.45, 2.75) is 51.7 Å². The molecule has 1 heterocycles. The van der Waals surface area contributed by atoms with Crippen molar-refractivity contribution >= 4 is 11.3 Å². The topological polar surface area (TPSA) is 42.4 Å². The Bertz CT molecular complexity index is 638. The molecule has 0 radical (unpaired) electrons. The molecule has 3 rings (SSSR count). The third-order valence-electron chi connectivity index (χ3n) is 3.66. The summed E-state index contributed by atoms with van der Waals surface area (Å²) in [6, 6.07) is 7.99. The van der Waals surface area contributed by atoms with E-state index >= 15 is 0 Å². The van der Waals surface area contributed by atoms with Crippen LogP contribution in [0.4, 0.5) is 0 Å². The molecule has 2 aromatic rings. The second kappa shape index (κ2) is 5.43. The average molecular weight is 303 g/mol. The molecule has 1 saturated carbocycles. The van der Waals surface area contributed by atoms with E-state index in [9.17, 15) is 5.11 Å². The van der Waals surface area contributed by atoms with Crippen LogP contribution >= 0.6 is 11.3 Å². The zero-order valence-electron chi connectivity index (χ0n) is 12.7. The predicted octanol–water partition coefficient (Wildman–Crippen LogP) is 4.14. The standard InChI is InChI=1S/C17H21NO2S/c1-11-6-4-5-7-13(11)20-10-14-18-15(12-8-9-12)16(21-14)17(2,3)19/h4-7,12,19H,8-10H2,1-3H3. The lowest BCUT2D eigenvalue weighted by Crippen LogP contribution is -2.15. The fourth-order valence-electron chi connectivity index (χ4n) is 2.37. The van der Waals surface area contributed by atoms with Gasteiger partial charge in [0.2, 0.25) is 0 Å². The number of aliphatic hydroxyl groups is 1. The largest absolute Gasteiger partial charge is 0.486 e. The molecule has 0 unspecified atom stereocenters. The van der Waals surface area contributed by atoms with Crippen LogP contribution < -0.4 is 4.74 Å². The first-order valence-corrected chi connectivity index (χ1v) is 8.17. The van der Waals surface area contributed by atoms with Crippen molar-refractivity contribution < 1.29 is 9.84 Å². The molecule has 4 heteroatoms. The summed E-state index contributed by atoms with van der Waals surface area (Å²) in [6.45, 7) is 6.16. The second-order valence-corrected chi connectivity index (χ2v) is 7.29. The number of aryl methyl sites for hydroxylation is 1. The first-order valence-electron chi connectivity index (χ1n) is 7.36. The lowest BCUT2D eigenvalue weighted by Gasteiger charge is -2.16. The van der Waals surface area contributed by atoms with Crippen molar-refractivity contribution in [3.63, 3.8) is 0 Å². The second-order valence-electron chi connectivity index (χ2n) is 6.21. The van der Waals surface area contributed by atoms with E-state index in [4.69, 9.17) is 9.72 Å². The maximum Gasteiger partial charge on any atom is 0.140 e. The number of thiazole rings is 1. The van der Waals surface area contributed by atoms with Crippen LogP contribution in [0.3, 0.4) is 0 Å². The summed E-state index contributed by atoms with van der Waals surface area (Å²) >= 11 is 1.57. The van der Waals surface area contributed by atoms with Crippen LogP contribution in [0.15, 0.2) is 24.3 Å². The highest BCUT2D eigenvalue weighted by atomic mass is 32.1. The fraction of sp³-hybridized carbons (Fsp3) is 0.471. The molecule has 3 nitrogen and oxygen atoms in total. The number of hydrogen-bond acceptors (Lipinski definition) is 4. The zero-order valence-corrected chi connectivity index (χ0v) is 13.5. The molecule has 1 fully saturated rings. The van der Waals surface area contributed by atoms with Crippen LogP contribution in [0.1, 0.15) is 53.7 Å². The van der Waals surface area contributed by atoms with Crippen molar-refractivity contribution in [2.24, 2.45) is 0 Å². The van der Waals surface area contributed by atoms with Gasteiger partial charge in [-0.1, -0.05) is 18.2 Å². The highest BCUT2D eigenvalue weighted by molar-refractivity contribution is 7.11. The quantitative estimate of drug-likeness (QED) is 0.903. The van der Waals surface area contributed by atoms with Gasteiger partial charge in [0.1, 0.15) is 17.4 Å². The molecule has 0 saturated heterocycles. The van der Waals surface area contributed by atoms with E-state index in [2.05, 4.69) is 0 Å². The number of aromatic nitrogens is 1. The number of hydrogen-bond donors (Lipinski definition) is 1. The number of para-hydroxylation sites is 1. The smallest absolute Gasteiger partial charge is 0.140 e. The van der Waals surface area contributed by atoms with Crippen molar-refractivity contribution in [2.75, 3.05) is 0 Å². The molecule has 0 bridgehead atoms. The summed E-state index contributed by atoms with van der Waals surface area (Å²) in [5.74, 6) is 1.43. The first-order chi connectivity index (χ1) is 9.95. The summed E-state index contributed by atoms with van der Waals surface area (Å²) in [6.07, 6.45) is 2.37. The Morgan fingerprint density at radius 3 is 2.67 bits per heavy atom. The molecule has 1 N–H and O–H groups in total. The monoisotopic (exact) mass is 303 g/mol. The minimum Gasteiger partial charge on any atom is -0.486 e. The van der Waals surface area contributed by atoms with Gasteiger partial charge >= 0.3 is 0 Å². The van der Waals surface area contributed by atoms with E-state index in [0.29, 0.717) is 12.5 Å². The van der Waals surface area contributed by atoms with Crippen LogP contribution in [-0.2, 0) is 12.2 Å². The van der Waals surface area contributed by atoms with Crippen LogP contribution in [0, 0.1) is 6.92 Å². The third kappa shape index (κ3) is 3.27. The fourth-order valence-corrected chi connectivity index (χ4v) is 3.43. The number of ether oxygens (including phenoxy) is 1. The molecule has 21 heavy (non-hydrogen) atoms. The highest BCUT2D eigenvalue weighted by Gasteiger charge is 2.34. The maximum atomic E-state index is 10.3. The van der Waals surface area contributed by atoms with Gasteiger partial charge in [0.15, 0.2) is 0 Å². The molecule has 0 atom stereocenters. The minimum atomic E-state index is -0.823. The molecular weight excluding hydrogens is 282 g/mol. The summed E-state index contributed by atoms with van der Waals surface area (Å²) in [5.41, 5.74) is 1.38. The van der Waals surface area contributed by atoms with E-state index in [1.54, 1.807) is 11.3 Å². The van der Waals surface area contributed by atoms with Gasteiger partial charge in [-0.25, -0.2) is 4.98 Å². The Labute approximate surface area is 129 Å². The first kappa shape index (κ1) is 14.5. The van der Waals surface area contributed by atoms with Crippen LogP contribution in [0.2, 0.25) is 0 Å². The molecule has 1 aromatic carbocycles. The molecule has 0 aliphatic heterocycles. The molecule has 1 aliphatic rings. The van der Waals surface area contributed by atoms with Crippen molar-refractivity contribution in [1.82, 2.24) is 4.98 Å². The molecular formula is C17H21NO2S. The van der Waals surface area contributed by atoms with Gasteiger partial charge in [0, 0.05) is 5.92 Å². The van der Waals surface area contributed by atoms with E-state index in [0.717, 1.165) is 26.9 Å². The SMILES string of the molecule is Cc1ccccc1OCc1nc(C2CC2)c(C(C)(C)O)s1. The van der Waals surface area contributed by atoms with Gasteiger partial charge in [-0.05, 0) is 45.2 Å². The van der Waals surface area contributed by atoms with E-state index in [1.165, 1.54) is 12.8 Å². The third-order valence-corrected chi connectivity index (χ3v) is 5.02. The van der Waals surface area contributed by atoms with Crippen LogP contribution in [0.25, 0.3) is 0 Å². The molecule has 112 valence electrons. The molecule has 1 aromatic heterocycles. The van der Waals surface area contributed by atoms with Crippen LogP contribution in [-0.4, -0.2) is 10.1 Å². The Hall–Kier alpha value is -1.39. The predicted molar refractivity (Wildman–Crippen MR) is 84.8 cm³/mol. The maximum absolute atomic E-state index is 10.3. The van der Waals surface area contributed by atoms with Crippen molar-refractivity contribution in [3.05, 3.63) is 45.4 Å². The number of benzene rings is 1. The van der Waals surface area contributed by atoms with Gasteiger partial charge in [-0.2, -0.15) is 0 Å². The van der Waals surface area contributed by atoms with Crippen LogP contribution in [0.5, 0.6) is 5.75 Å². The number of rotatable bonds is 5. The molecule has 0 spiro atoms. The Morgan fingerprint density at radius 1 is 1.33 bits per heavy atom. The Balaban J connectivity index is 1.79. The van der Waals surface area contributed by atoms with E-state index < -0.39 is 5.60 Å². The summed E-state index contributed by atoms with van der Waals surface area (Å²) in [5, 5.41) is 11.3. The van der Waals surface area contributed by atoms with Gasteiger partial charge < -0.3 is 9.84 Å². The number of nitrogens with zero attached hydrogens (tertiary/aromatic N) is 1. The van der Waals surface area contributed by atoms with Gasteiger partial charge in [0.25, 0.3) is 0 Å². The Morgan fingerprint density at radius 2 is 2.05 bits per heavy atom. The van der Waals surface area contributed by atoms with E-state index in [1.807, 2.05) is 45.0 Å². The highest BCUT2D eigenvalue weighted by Crippen LogP contribution is 2.45. The summed E-state index contributed by atoms with van der Waals surface area (Å²) in [4.78, 5) is 5.71. The minimum absolute atomic E-state index is 0.464. The summed E-state index contributed by atoms with van der Waals surface area (Å²) in [7, 11) is 0. The normalized spacial score (nSPS) is 15.2. The molecule has 1 aliphatic carbocycles. The van der Waals surface area contributed by atoms with Gasteiger partial charge in [0.05, 0.1) is 16.2 Å². The van der Waals surface area contributed by atoms with Gasteiger partial charge in [-0.15, -0.1) is 11.3 Å².